The Kier molecular flexibility index (Phi) is 3.79. The molecule has 2 aromatic rings. The fourth-order valence-corrected chi connectivity index (χ4v) is 2.75. The van der Waals surface area contributed by atoms with Crippen LogP contribution >= 0.6 is 11.6 Å². The van der Waals surface area contributed by atoms with Gasteiger partial charge in [-0.1, -0.05) is 23.7 Å². The average Bonchev–Trinajstić information content (AvgIpc) is 2.93. The van der Waals surface area contributed by atoms with Crippen LogP contribution in [0.3, 0.4) is 0 Å². The Morgan fingerprint density at radius 3 is 2.85 bits per heavy atom. The highest BCUT2D eigenvalue weighted by atomic mass is 35.5. The molecular weight excluding hydrogens is 272 g/mol. The van der Waals surface area contributed by atoms with Gasteiger partial charge in [-0.25, -0.2) is 0 Å². The van der Waals surface area contributed by atoms with Crippen molar-refractivity contribution in [1.29, 1.82) is 0 Å². The van der Waals surface area contributed by atoms with E-state index in [0.29, 0.717) is 6.42 Å². The zero-order chi connectivity index (χ0) is 13.9. The van der Waals surface area contributed by atoms with Crippen LogP contribution in [0.1, 0.15) is 23.2 Å². The second-order valence-electron chi connectivity index (χ2n) is 5.17. The van der Waals surface area contributed by atoms with Gasteiger partial charge in [-0.05, 0) is 35.7 Å². The van der Waals surface area contributed by atoms with Gasteiger partial charge in [0.15, 0.2) is 0 Å². The zero-order valence-electron chi connectivity index (χ0n) is 11.2. The fourth-order valence-electron chi connectivity index (χ4n) is 2.62. The predicted octanol–water partition coefficient (Wildman–Crippen LogP) is 3.19. The highest BCUT2D eigenvalue weighted by Gasteiger charge is 2.20. The predicted molar refractivity (Wildman–Crippen MR) is 79.7 cm³/mol. The number of H-pyrrole nitrogens is 1. The number of aromatic amines is 1. The minimum Gasteiger partial charge on any atom is -0.365 e. The molecule has 0 atom stereocenters. The minimum atomic E-state index is 0.229. The SMILES string of the molecule is O=C(CCc1ccc(Cl)cc1)N1CCc2[nH]ccc2C1. The van der Waals surface area contributed by atoms with E-state index < -0.39 is 0 Å². The molecule has 1 aliphatic heterocycles. The maximum absolute atomic E-state index is 12.3. The molecule has 0 fully saturated rings. The molecule has 3 rings (SSSR count). The lowest BCUT2D eigenvalue weighted by molar-refractivity contribution is -0.132. The molecule has 0 spiro atoms. The third-order valence-corrected chi connectivity index (χ3v) is 4.07. The number of rotatable bonds is 3. The summed E-state index contributed by atoms with van der Waals surface area (Å²) in [5.74, 6) is 0.229. The van der Waals surface area contributed by atoms with Crippen LogP contribution in [-0.4, -0.2) is 22.3 Å². The van der Waals surface area contributed by atoms with Gasteiger partial charge in [-0.2, -0.15) is 0 Å². The first-order chi connectivity index (χ1) is 9.72. The van der Waals surface area contributed by atoms with Gasteiger partial charge in [0.05, 0.1) is 0 Å². The summed E-state index contributed by atoms with van der Waals surface area (Å²) in [6.45, 7) is 1.55. The number of fused-ring (bicyclic) bond motifs is 1. The lowest BCUT2D eigenvalue weighted by Crippen LogP contribution is -2.35. The summed E-state index contributed by atoms with van der Waals surface area (Å²) in [6.07, 6.45) is 4.20. The van der Waals surface area contributed by atoms with Crippen molar-refractivity contribution in [2.75, 3.05) is 6.54 Å². The third-order valence-electron chi connectivity index (χ3n) is 3.82. The first-order valence-electron chi connectivity index (χ1n) is 6.90. The summed E-state index contributed by atoms with van der Waals surface area (Å²) in [5.41, 5.74) is 3.67. The van der Waals surface area contributed by atoms with Crippen LogP contribution in [0.15, 0.2) is 36.5 Å². The monoisotopic (exact) mass is 288 g/mol. The number of hydrogen-bond acceptors (Lipinski definition) is 1. The van der Waals surface area contributed by atoms with E-state index >= 15 is 0 Å². The van der Waals surface area contributed by atoms with Crippen molar-refractivity contribution < 1.29 is 4.79 Å². The molecule has 1 aromatic carbocycles. The van der Waals surface area contributed by atoms with E-state index in [9.17, 15) is 4.79 Å². The first kappa shape index (κ1) is 13.3. The van der Waals surface area contributed by atoms with Gasteiger partial charge in [0, 0.05) is 42.8 Å². The van der Waals surface area contributed by atoms with Crippen molar-refractivity contribution in [1.82, 2.24) is 9.88 Å². The Hall–Kier alpha value is -1.74. The van der Waals surface area contributed by atoms with E-state index in [0.717, 1.165) is 36.5 Å². The molecule has 1 N–H and O–H groups in total. The molecule has 1 aromatic heterocycles. The molecule has 0 aliphatic carbocycles. The lowest BCUT2D eigenvalue weighted by Gasteiger charge is -2.27. The minimum absolute atomic E-state index is 0.229. The summed E-state index contributed by atoms with van der Waals surface area (Å²) in [5, 5.41) is 0.732. The molecule has 0 unspecified atom stereocenters. The Labute approximate surface area is 123 Å². The first-order valence-corrected chi connectivity index (χ1v) is 7.27. The van der Waals surface area contributed by atoms with Crippen LogP contribution in [-0.2, 0) is 24.2 Å². The molecular formula is C16H17ClN2O. The van der Waals surface area contributed by atoms with Gasteiger partial charge in [0.25, 0.3) is 0 Å². The maximum atomic E-state index is 12.3. The third kappa shape index (κ3) is 2.88. The van der Waals surface area contributed by atoms with Gasteiger partial charge in [-0.3, -0.25) is 4.79 Å². The molecule has 0 bridgehead atoms. The highest BCUT2D eigenvalue weighted by molar-refractivity contribution is 6.30. The summed E-state index contributed by atoms with van der Waals surface area (Å²) in [7, 11) is 0. The highest BCUT2D eigenvalue weighted by Crippen LogP contribution is 2.18. The fraction of sp³-hybridized carbons (Fsp3) is 0.312. The van der Waals surface area contributed by atoms with E-state index in [-0.39, 0.29) is 5.91 Å². The standard InChI is InChI=1S/C16H17ClN2O/c17-14-4-1-12(2-5-14)3-6-16(20)19-10-8-15-13(11-19)7-9-18-15/h1-2,4-5,7,9,18H,3,6,8,10-11H2. The van der Waals surface area contributed by atoms with Gasteiger partial charge in [0.2, 0.25) is 5.91 Å². The molecule has 104 valence electrons. The average molecular weight is 289 g/mol. The maximum Gasteiger partial charge on any atom is 0.223 e. The molecule has 20 heavy (non-hydrogen) atoms. The van der Waals surface area contributed by atoms with Crippen molar-refractivity contribution in [2.45, 2.75) is 25.8 Å². The number of benzene rings is 1. The summed E-state index contributed by atoms with van der Waals surface area (Å²) < 4.78 is 0. The summed E-state index contributed by atoms with van der Waals surface area (Å²) in [4.78, 5) is 17.4. The van der Waals surface area contributed by atoms with E-state index in [1.165, 1.54) is 11.3 Å². The molecule has 2 heterocycles. The topological polar surface area (TPSA) is 36.1 Å². The van der Waals surface area contributed by atoms with Crippen molar-refractivity contribution in [3.63, 3.8) is 0 Å². The Morgan fingerprint density at radius 2 is 2.05 bits per heavy atom. The normalized spacial score (nSPS) is 14.2. The van der Waals surface area contributed by atoms with Crippen molar-refractivity contribution in [2.24, 2.45) is 0 Å². The summed E-state index contributed by atoms with van der Waals surface area (Å²) >= 11 is 5.86. The van der Waals surface area contributed by atoms with Crippen molar-refractivity contribution in [3.8, 4) is 0 Å². The van der Waals surface area contributed by atoms with Crippen LogP contribution in [0.25, 0.3) is 0 Å². The molecule has 0 saturated carbocycles. The number of nitrogens with zero attached hydrogens (tertiary/aromatic N) is 1. The van der Waals surface area contributed by atoms with Crippen LogP contribution in [0.2, 0.25) is 5.02 Å². The number of aromatic nitrogens is 1. The van der Waals surface area contributed by atoms with Crippen LogP contribution in [0, 0.1) is 0 Å². The Morgan fingerprint density at radius 1 is 1.25 bits per heavy atom. The van der Waals surface area contributed by atoms with E-state index in [2.05, 4.69) is 11.1 Å². The van der Waals surface area contributed by atoms with E-state index in [1.54, 1.807) is 0 Å². The number of carbonyl (C=O) groups excluding carboxylic acids is 1. The molecule has 1 amide bonds. The second kappa shape index (κ2) is 5.71. The van der Waals surface area contributed by atoms with Crippen LogP contribution < -0.4 is 0 Å². The van der Waals surface area contributed by atoms with Gasteiger partial charge < -0.3 is 9.88 Å². The van der Waals surface area contributed by atoms with E-state index in [1.807, 2.05) is 35.4 Å². The lowest BCUT2D eigenvalue weighted by atomic mass is 10.1. The van der Waals surface area contributed by atoms with Gasteiger partial charge >= 0.3 is 0 Å². The molecule has 1 aliphatic rings. The number of halogens is 1. The summed E-state index contributed by atoms with van der Waals surface area (Å²) in [6, 6.07) is 9.77. The number of carbonyl (C=O) groups is 1. The van der Waals surface area contributed by atoms with Gasteiger partial charge in [-0.15, -0.1) is 0 Å². The number of nitrogens with one attached hydrogen (secondary N) is 1. The molecule has 0 saturated heterocycles. The molecule has 3 nitrogen and oxygen atoms in total. The Balaban J connectivity index is 1.56. The number of aryl methyl sites for hydroxylation is 1. The van der Waals surface area contributed by atoms with Crippen LogP contribution in [0.4, 0.5) is 0 Å². The van der Waals surface area contributed by atoms with Crippen LogP contribution in [0.5, 0.6) is 0 Å². The molecule has 4 heteroatoms. The smallest absolute Gasteiger partial charge is 0.223 e. The number of hydrogen-bond donors (Lipinski definition) is 1. The second-order valence-corrected chi connectivity index (χ2v) is 5.61. The largest absolute Gasteiger partial charge is 0.365 e. The zero-order valence-corrected chi connectivity index (χ0v) is 12.0. The van der Waals surface area contributed by atoms with E-state index in [4.69, 9.17) is 11.6 Å². The van der Waals surface area contributed by atoms with Crippen molar-refractivity contribution in [3.05, 3.63) is 58.4 Å². The van der Waals surface area contributed by atoms with Gasteiger partial charge in [0.1, 0.15) is 0 Å². The molecule has 0 radical (unpaired) electrons. The quantitative estimate of drug-likeness (QED) is 0.925. The Bertz CT molecular complexity index is 603. The van der Waals surface area contributed by atoms with Crippen molar-refractivity contribution >= 4 is 17.5 Å². The number of amides is 1.